The van der Waals surface area contributed by atoms with E-state index in [0.29, 0.717) is 28.6 Å². The van der Waals surface area contributed by atoms with Gasteiger partial charge in [0, 0.05) is 35.5 Å². The Balaban J connectivity index is 1.40. The highest BCUT2D eigenvalue weighted by molar-refractivity contribution is 6.31. The summed E-state index contributed by atoms with van der Waals surface area (Å²) in [5.41, 5.74) is 7.53. The maximum absolute atomic E-state index is 12.4. The van der Waals surface area contributed by atoms with Crippen molar-refractivity contribution >= 4 is 35.0 Å². The summed E-state index contributed by atoms with van der Waals surface area (Å²) in [6.07, 6.45) is 0.616. The van der Waals surface area contributed by atoms with Crippen molar-refractivity contribution in [2.75, 3.05) is 11.9 Å². The maximum Gasteiger partial charge on any atom is 0.269 e. The van der Waals surface area contributed by atoms with Gasteiger partial charge in [0.15, 0.2) is 0 Å². The van der Waals surface area contributed by atoms with Crippen LogP contribution in [-0.2, 0) is 16.0 Å². The van der Waals surface area contributed by atoms with Gasteiger partial charge in [-0.3, -0.25) is 25.2 Å². The summed E-state index contributed by atoms with van der Waals surface area (Å²) >= 11 is 6.04. The molecule has 0 saturated heterocycles. The molecule has 0 radical (unpaired) electrons. The van der Waals surface area contributed by atoms with E-state index in [0.717, 1.165) is 17.5 Å². The van der Waals surface area contributed by atoms with Gasteiger partial charge in [-0.1, -0.05) is 54.1 Å². The zero-order valence-corrected chi connectivity index (χ0v) is 19.5. The second-order valence-electron chi connectivity index (χ2n) is 7.57. The minimum Gasteiger partial charge on any atom is -0.493 e. The molecule has 0 unspecified atom stereocenters. The Hall–Kier alpha value is -3.84. The van der Waals surface area contributed by atoms with E-state index in [2.05, 4.69) is 16.2 Å². The predicted molar refractivity (Wildman–Crippen MR) is 132 cm³/mol. The number of halogens is 1. The molecule has 0 aromatic heterocycles. The van der Waals surface area contributed by atoms with E-state index >= 15 is 0 Å². The Morgan fingerprint density at radius 3 is 2.38 bits per heavy atom. The van der Waals surface area contributed by atoms with Gasteiger partial charge in [0.25, 0.3) is 5.91 Å². The Kier molecular flexibility index (Phi) is 9.05. The Morgan fingerprint density at radius 2 is 1.59 bits per heavy atom. The van der Waals surface area contributed by atoms with E-state index in [4.69, 9.17) is 16.3 Å². The molecular formula is C26H26ClN3O4. The number of ether oxygens (including phenoxy) is 1. The third-order valence-corrected chi connectivity index (χ3v) is 5.44. The molecule has 0 aliphatic rings. The molecule has 8 heteroatoms. The van der Waals surface area contributed by atoms with Crippen LogP contribution in [0.3, 0.4) is 0 Å². The van der Waals surface area contributed by atoms with Crippen LogP contribution in [-0.4, -0.2) is 24.3 Å². The predicted octanol–water partition coefficient (Wildman–Crippen LogP) is 4.45. The number of benzene rings is 3. The zero-order chi connectivity index (χ0) is 24.3. The molecule has 0 aliphatic heterocycles. The fourth-order valence-corrected chi connectivity index (χ4v) is 3.28. The molecule has 176 valence electrons. The van der Waals surface area contributed by atoms with Crippen LogP contribution in [0.5, 0.6) is 5.75 Å². The number of rotatable bonds is 9. The van der Waals surface area contributed by atoms with Gasteiger partial charge in [-0.05, 0) is 48.4 Å². The molecule has 7 nitrogen and oxygen atoms in total. The highest BCUT2D eigenvalue weighted by Crippen LogP contribution is 2.23. The van der Waals surface area contributed by atoms with Gasteiger partial charge in [-0.2, -0.15) is 0 Å². The molecule has 3 rings (SSSR count). The van der Waals surface area contributed by atoms with E-state index in [9.17, 15) is 14.4 Å². The van der Waals surface area contributed by atoms with Crippen molar-refractivity contribution in [3.63, 3.8) is 0 Å². The summed E-state index contributed by atoms with van der Waals surface area (Å²) in [5, 5.41) is 3.27. The summed E-state index contributed by atoms with van der Waals surface area (Å²) in [7, 11) is 0. The van der Waals surface area contributed by atoms with Gasteiger partial charge in [0.05, 0.1) is 6.61 Å². The summed E-state index contributed by atoms with van der Waals surface area (Å²) in [6.45, 7) is 2.27. The monoisotopic (exact) mass is 479 g/mol. The Bertz CT molecular complexity index is 1150. The summed E-state index contributed by atoms with van der Waals surface area (Å²) in [4.78, 5) is 36.5. The lowest BCUT2D eigenvalue weighted by Crippen LogP contribution is -2.41. The van der Waals surface area contributed by atoms with E-state index in [-0.39, 0.29) is 18.7 Å². The fourth-order valence-electron chi connectivity index (χ4n) is 3.10. The minimum absolute atomic E-state index is 0.0433. The highest BCUT2D eigenvalue weighted by Gasteiger charge is 2.12. The van der Waals surface area contributed by atoms with E-state index in [1.54, 1.807) is 49.4 Å². The fraction of sp³-hybridized carbons (Fsp3) is 0.192. The molecule has 0 atom stereocenters. The van der Waals surface area contributed by atoms with Gasteiger partial charge in [-0.15, -0.1) is 0 Å². The largest absolute Gasteiger partial charge is 0.493 e. The van der Waals surface area contributed by atoms with Gasteiger partial charge in [0.1, 0.15) is 5.75 Å². The van der Waals surface area contributed by atoms with E-state index in [1.807, 2.05) is 30.3 Å². The molecule has 0 spiro atoms. The van der Waals surface area contributed by atoms with Crippen LogP contribution >= 0.6 is 11.6 Å². The lowest BCUT2D eigenvalue weighted by molar-refractivity contribution is -0.124. The number of amides is 3. The molecule has 0 aliphatic carbocycles. The third-order valence-electron chi connectivity index (χ3n) is 5.03. The molecule has 34 heavy (non-hydrogen) atoms. The van der Waals surface area contributed by atoms with Crippen LogP contribution in [0, 0.1) is 6.92 Å². The second-order valence-corrected chi connectivity index (χ2v) is 7.98. The molecule has 0 bridgehead atoms. The number of carbonyl (C=O) groups excluding carboxylic acids is 3. The number of carbonyl (C=O) groups is 3. The zero-order valence-electron chi connectivity index (χ0n) is 18.8. The molecule has 3 amide bonds. The van der Waals surface area contributed by atoms with Crippen molar-refractivity contribution < 1.29 is 19.1 Å². The minimum atomic E-state index is -0.485. The van der Waals surface area contributed by atoms with Gasteiger partial charge in [0.2, 0.25) is 11.8 Å². The quantitative estimate of drug-likeness (QED) is 0.395. The third kappa shape index (κ3) is 7.64. The van der Waals surface area contributed by atoms with E-state index < -0.39 is 11.8 Å². The average Bonchev–Trinajstić information content (AvgIpc) is 2.85. The Morgan fingerprint density at radius 1 is 0.853 bits per heavy atom. The molecule has 0 fully saturated rings. The van der Waals surface area contributed by atoms with Gasteiger partial charge >= 0.3 is 0 Å². The maximum atomic E-state index is 12.4. The standard InChI is InChI=1S/C26H26ClN3O4/c1-18-22(27)11-6-12-23(18)28-24(31)13-14-25(32)29-30-26(33)20-9-5-10-21(17-20)34-16-15-19-7-3-2-4-8-19/h2-12,17H,13-16H2,1H3,(H,28,31)(H,29,32)(H,30,33). The highest BCUT2D eigenvalue weighted by atomic mass is 35.5. The lowest BCUT2D eigenvalue weighted by atomic mass is 10.2. The van der Waals surface area contributed by atoms with Crippen molar-refractivity contribution in [3.8, 4) is 5.75 Å². The van der Waals surface area contributed by atoms with Crippen molar-refractivity contribution in [1.82, 2.24) is 10.9 Å². The van der Waals surface area contributed by atoms with Crippen LogP contribution in [0.25, 0.3) is 0 Å². The van der Waals surface area contributed by atoms with Crippen LogP contribution < -0.4 is 20.9 Å². The summed E-state index contributed by atoms with van der Waals surface area (Å²) in [6, 6.07) is 21.8. The lowest BCUT2D eigenvalue weighted by Gasteiger charge is -2.11. The molecule has 0 heterocycles. The second kappa shape index (κ2) is 12.4. The topological polar surface area (TPSA) is 96.5 Å². The first-order valence-electron chi connectivity index (χ1n) is 10.8. The van der Waals surface area contributed by atoms with Crippen molar-refractivity contribution in [2.24, 2.45) is 0 Å². The smallest absolute Gasteiger partial charge is 0.269 e. The first-order valence-corrected chi connectivity index (χ1v) is 11.2. The van der Waals surface area contributed by atoms with E-state index in [1.165, 1.54) is 0 Å². The molecule has 3 aromatic carbocycles. The first kappa shape index (κ1) is 24.8. The van der Waals surface area contributed by atoms with Crippen molar-refractivity contribution in [1.29, 1.82) is 0 Å². The number of hydrogen-bond donors (Lipinski definition) is 3. The molecule has 3 N–H and O–H groups in total. The Labute approximate surface area is 203 Å². The van der Waals surface area contributed by atoms with Crippen LogP contribution in [0.4, 0.5) is 5.69 Å². The molecule has 3 aromatic rings. The van der Waals surface area contributed by atoms with Gasteiger partial charge in [-0.25, -0.2) is 0 Å². The number of anilines is 1. The summed E-state index contributed by atoms with van der Waals surface area (Å²) in [5.74, 6) is -0.738. The average molecular weight is 480 g/mol. The SMILES string of the molecule is Cc1c(Cl)cccc1NC(=O)CCC(=O)NNC(=O)c1cccc(OCCc2ccccc2)c1. The number of nitrogens with one attached hydrogen (secondary N) is 3. The number of hydrogen-bond acceptors (Lipinski definition) is 4. The van der Waals surface area contributed by atoms with Crippen LogP contribution in [0.2, 0.25) is 5.02 Å². The van der Waals surface area contributed by atoms with Crippen LogP contribution in [0.1, 0.15) is 34.3 Å². The normalized spacial score (nSPS) is 10.3. The molecular weight excluding hydrogens is 454 g/mol. The van der Waals surface area contributed by atoms with Crippen molar-refractivity contribution in [2.45, 2.75) is 26.2 Å². The van der Waals surface area contributed by atoms with Crippen molar-refractivity contribution in [3.05, 3.63) is 94.5 Å². The summed E-state index contributed by atoms with van der Waals surface area (Å²) < 4.78 is 5.74. The number of hydrazine groups is 1. The van der Waals surface area contributed by atoms with Gasteiger partial charge < -0.3 is 10.1 Å². The first-order chi connectivity index (χ1) is 16.4. The molecule has 0 saturated carbocycles. The van der Waals surface area contributed by atoms with Crippen LogP contribution in [0.15, 0.2) is 72.8 Å².